The van der Waals surface area contributed by atoms with Crippen molar-refractivity contribution in [3.05, 3.63) is 87.6 Å². The second-order valence-corrected chi connectivity index (χ2v) is 7.40. The maximum absolute atomic E-state index is 12.9. The number of benzene rings is 3. The molecule has 0 spiro atoms. The van der Waals surface area contributed by atoms with E-state index in [2.05, 4.69) is 0 Å². The van der Waals surface area contributed by atoms with Crippen LogP contribution in [0.5, 0.6) is 23.0 Å². The predicted octanol–water partition coefficient (Wildman–Crippen LogP) is 5.86. The number of methoxy groups -OCH3 is 2. The van der Waals surface area contributed by atoms with Gasteiger partial charge in [0.1, 0.15) is 29.6 Å². The number of allylic oxidation sites excluding steroid dienone is 1. The van der Waals surface area contributed by atoms with Crippen LogP contribution in [0.25, 0.3) is 6.08 Å². The molecule has 0 saturated heterocycles. The van der Waals surface area contributed by atoms with Gasteiger partial charge >= 0.3 is 0 Å². The molecule has 5 nitrogen and oxygen atoms in total. The number of Topliss-reactive ketones (excluding diaryl/α,β-unsaturated/α-hetero) is 1. The number of hydrogen-bond acceptors (Lipinski definition) is 5. The molecule has 0 fully saturated rings. The number of rotatable bonds is 6. The topological polar surface area (TPSA) is 54.0 Å². The van der Waals surface area contributed by atoms with Gasteiger partial charge in [-0.05, 0) is 43.3 Å². The molecule has 0 unspecified atom stereocenters. The van der Waals surface area contributed by atoms with Gasteiger partial charge in [0.05, 0.1) is 19.8 Å². The lowest BCUT2D eigenvalue weighted by Gasteiger charge is -2.12. The van der Waals surface area contributed by atoms with Gasteiger partial charge in [-0.1, -0.05) is 29.8 Å². The largest absolute Gasteiger partial charge is 0.497 e. The summed E-state index contributed by atoms with van der Waals surface area (Å²) in [4.78, 5) is 12.9. The van der Waals surface area contributed by atoms with Gasteiger partial charge in [-0.15, -0.1) is 0 Å². The van der Waals surface area contributed by atoms with E-state index in [0.717, 1.165) is 11.1 Å². The molecule has 0 aromatic heterocycles. The summed E-state index contributed by atoms with van der Waals surface area (Å²) in [6.07, 6.45) is 1.67. The summed E-state index contributed by atoms with van der Waals surface area (Å²) in [5.41, 5.74) is 2.85. The average Bonchev–Trinajstić information content (AvgIpc) is 3.10. The lowest BCUT2D eigenvalue weighted by molar-refractivity contribution is 0.101. The highest BCUT2D eigenvalue weighted by atomic mass is 35.5. The number of hydrogen-bond donors (Lipinski definition) is 0. The van der Waals surface area contributed by atoms with Crippen LogP contribution in [0.15, 0.2) is 60.4 Å². The third kappa shape index (κ3) is 4.09. The zero-order chi connectivity index (χ0) is 22.0. The summed E-state index contributed by atoms with van der Waals surface area (Å²) in [6, 6.07) is 16.4. The monoisotopic (exact) mass is 436 g/mol. The molecule has 158 valence electrons. The fourth-order valence-corrected chi connectivity index (χ4v) is 3.56. The first-order valence-electron chi connectivity index (χ1n) is 9.68. The maximum Gasteiger partial charge on any atom is 0.231 e. The Morgan fingerprint density at radius 2 is 1.81 bits per heavy atom. The van der Waals surface area contributed by atoms with Crippen molar-refractivity contribution in [2.24, 2.45) is 0 Å². The Bertz CT molecular complexity index is 1180. The van der Waals surface area contributed by atoms with Gasteiger partial charge < -0.3 is 18.9 Å². The summed E-state index contributed by atoms with van der Waals surface area (Å²) >= 11 is 6.21. The van der Waals surface area contributed by atoms with Gasteiger partial charge in [0.25, 0.3) is 0 Å². The molecule has 1 heterocycles. The lowest BCUT2D eigenvalue weighted by Crippen LogP contribution is -1.99. The van der Waals surface area contributed by atoms with E-state index in [1.807, 2.05) is 37.3 Å². The van der Waals surface area contributed by atoms with E-state index in [9.17, 15) is 4.79 Å². The quantitative estimate of drug-likeness (QED) is 0.453. The van der Waals surface area contributed by atoms with Crippen LogP contribution in [0.1, 0.15) is 27.0 Å². The summed E-state index contributed by atoms with van der Waals surface area (Å²) in [5, 5.41) is 0.645. The Morgan fingerprint density at radius 3 is 2.55 bits per heavy atom. The molecule has 0 bridgehead atoms. The summed E-state index contributed by atoms with van der Waals surface area (Å²) in [5.74, 6) is 2.42. The fraction of sp³-hybridized carbons (Fsp3) is 0.160. The number of carbonyl (C=O) groups excluding carboxylic acids is 1. The van der Waals surface area contributed by atoms with Crippen LogP contribution in [0.3, 0.4) is 0 Å². The van der Waals surface area contributed by atoms with Crippen molar-refractivity contribution in [2.75, 3.05) is 14.2 Å². The van der Waals surface area contributed by atoms with Gasteiger partial charge in [0, 0.05) is 27.8 Å². The number of halogens is 1. The summed E-state index contributed by atoms with van der Waals surface area (Å²) < 4.78 is 22.5. The zero-order valence-electron chi connectivity index (χ0n) is 17.4. The van der Waals surface area contributed by atoms with Crippen molar-refractivity contribution in [2.45, 2.75) is 13.5 Å². The van der Waals surface area contributed by atoms with Crippen molar-refractivity contribution in [3.8, 4) is 23.0 Å². The van der Waals surface area contributed by atoms with Gasteiger partial charge in [-0.3, -0.25) is 4.79 Å². The summed E-state index contributed by atoms with van der Waals surface area (Å²) in [6.45, 7) is 2.18. The fourth-order valence-electron chi connectivity index (χ4n) is 3.37. The van der Waals surface area contributed by atoms with Crippen molar-refractivity contribution in [1.29, 1.82) is 0 Å². The Kier molecular flexibility index (Phi) is 5.87. The average molecular weight is 437 g/mol. The van der Waals surface area contributed by atoms with Crippen molar-refractivity contribution < 1.29 is 23.7 Å². The lowest BCUT2D eigenvalue weighted by atomic mass is 10.1. The first kappa shape index (κ1) is 20.8. The zero-order valence-corrected chi connectivity index (χ0v) is 18.2. The van der Waals surface area contributed by atoms with E-state index in [0.29, 0.717) is 45.8 Å². The summed E-state index contributed by atoms with van der Waals surface area (Å²) in [7, 11) is 3.15. The third-order valence-electron chi connectivity index (χ3n) is 5.10. The highest BCUT2D eigenvalue weighted by Crippen LogP contribution is 2.40. The Balaban J connectivity index is 1.60. The molecule has 4 rings (SSSR count). The van der Waals surface area contributed by atoms with E-state index in [1.54, 1.807) is 44.6 Å². The van der Waals surface area contributed by atoms with E-state index < -0.39 is 0 Å². The molecule has 0 amide bonds. The number of carbonyl (C=O) groups is 1. The van der Waals surface area contributed by atoms with Crippen LogP contribution in [0.2, 0.25) is 5.02 Å². The van der Waals surface area contributed by atoms with Crippen molar-refractivity contribution in [3.63, 3.8) is 0 Å². The van der Waals surface area contributed by atoms with Crippen LogP contribution in [0.4, 0.5) is 0 Å². The van der Waals surface area contributed by atoms with Gasteiger partial charge in [-0.2, -0.15) is 0 Å². The Morgan fingerprint density at radius 1 is 1.00 bits per heavy atom. The van der Waals surface area contributed by atoms with Crippen LogP contribution in [0, 0.1) is 6.92 Å². The number of fused-ring (bicyclic) bond motifs is 1. The third-order valence-corrected chi connectivity index (χ3v) is 5.47. The van der Waals surface area contributed by atoms with Crippen LogP contribution in [-0.2, 0) is 6.61 Å². The van der Waals surface area contributed by atoms with Gasteiger partial charge in [0.15, 0.2) is 5.76 Å². The smallest absolute Gasteiger partial charge is 0.231 e. The van der Waals surface area contributed by atoms with Gasteiger partial charge in [0.2, 0.25) is 5.78 Å². The second kappa shape index (κ2) is 8.74. The minimum atomic E-state index is -0.186. The first-order chi connectivity index (χ1) is 15.0. The van der Waals surface area contributed by atoms with Crippen molar-refractivity contribution in [1.82, 2.24) is 0 Å². The highest BCUT2D eigenvalue weighted by Gasteiger charge is 2.30. The molecule has 6 heteroatoms. The molecular formula is C25H21ClO5. The first-order valence-corrected chi connectivity index (χ1v) is 10.1. The van der Waals surface area contributed by atoms with Crippen molar-refractivity contribution >= 4 is 23.5 Å². The Labute approximate surface area is 185 Å². The van der Waals surface area contributed by atoms with Crippen LogP contribution in [-0.4, -0.2) is 20.0 Å². The normalized spacial score (nSPS) is 13.7. The predicted molar refractivity (Wildman–Crippen MR) is 119 cm³/mol. The highest BCUT2D eigenvalue weighted by molar-refractivity contribution is 6.31. The molecule has 3 aromatic rings. The van der Waals surface area contributed by atoms with Gasteiger partial charge in [-0.25, -0.2) is 0 Å². The molecule has 1 aliphatic heterocycles. The second-order valence-electron chi connectivity index (χ2n) is 6.99. The molecule has 3 aromatic carbocycles. The molecule has 0 N–H and O–H groups in total. The van der Waals surface area contributed by atoms with E-state index in [4.69, 9.17) is 30.5 Å². The molecule has 0 aliphatic carbocycles. The molecule has 0 saturated carbocycles. The number of ether oxygens (including phenoxy) is 4. The van der Waals surface area contributed by atoms with E-state index >= 15 is 0 Å². The molecule has 1 aliphatic rings. The molecular weight excluding hydrogens is 416 g/mol. The minimum absolute atomic E-state index is 0.186. The molecule has 0 atom stereocenters. The standard InChI is InChI=1S/C25H21ClO5/c1-15-21(30-14-17-6-4-5-7-20(17)26)11-10-19-24(27)23(31-25(15)19)12-16-8-9-18(28-2)13-22(16)29-3/h4-13H,14H2,1-3H3/b23-12-. The molecule has 31 heavy (non-hydrogen) atoms. The number of ketones is 1. The van der Waals surface area contributed by atoms with E-state index in [-0.39, 0.29) is 11.5 Å². The minimum Gasteiger partial charge on any atom is -0.497 e. The Hall–Kier alpha value is -3.44. The van der Waals surface area contributed by atoms with Crippen LogP contribution >= 0.6 is 11.6 Å². The van der Waals surface area contributed by atoms with Crippen LogP contribution < -0.4 is 18.9 Å². The maximum atomic E-state index is 12.9. The SMILES string of the molecule is COc1ccc(/C=C2\Oc3c(ccc(OCc4ccccc4Cl)c3C)C2=O)c(OC)c1. The van der Waals surface area contributed by atoms with E-state index in [1.165, 1.54) is 0 Å². The molecule has 0 radical (unpaired) electrons.